The Balaban J connectivity index is 4.12. The number of hydrogen-bond acceptors (Lipinski definition) is 5. The largest absolute Gasteiger partial charge is 0.385 e. The van der Waals surface area contributed by atoms with Gasteiger partial charge in [-0.3, -0.25) is 9.59 Å². The zero-order chi connectivity index (χ0) is 10.6. The van der Waals surface area contributed by atoms with Gasteiger partial charge in [0.15, 0.2) is 0 Å². The second-order valence-electron chi connectivity index (χ2n) is 2.84. The predicted octanol–water partition coefficient (Wildman–Crippen LogP) is -1.06. The normalized spacial score (nSPS) is 13.8. The van der Waals surface area contributed by atoms with Crippen LogP contribution in [0, 0.1) is 0 Å². The average molecular weight is 208 g/mol. The number of aliphatic hydroxyl groups excluding tert-OH is 1. The lowest BCUT2D eigenvalue weighted by atomic mass is 10.1. The number of Topliss-reactive ketones (excluding diaryl/α,β-unsaturated/α-hetero) is 2. The van der Waals surface area contributed by atoms with Crippen molar-refractivity contribution in [2.75, 3.05) is 12.0 Å². The number of ketones is 2. The highest BCUT2D eigenvalue weighted by Gasteiger charge is 2.19. The SMILES string of the molecule is CC(O)C(=O)C(=O)CCS(C)(=O)=O. The number of sulfone groups is 1. The van der Waals surface area contributed by atoms with E-state index in [1.165, 1.54) is 6.92 Å². The molecule has 0 bridgehead atoms. The Morgan fingerprint density at radius 1 is 1.38 bits per heavy atom. The Labute approximate surface area is 76.7 Å². The lowest BCUT2D eigenvalue weighted by Gasteiger charge is -2.01. The van der Waals surface area contributed by atoms with Crippen LogP contribution >= 0.6 is 0 Å². The van der Waals surface area contributed by atoms with Gasteiger partial charge in [0.05, 0.1) is 5.75 Å². The minimum absolute atomic E-state index is 0.357. The van der Waals surface area contributed by atoms with Gasteiger partial charge in [-0.25, -0.2) is 8.42 Å². The van der Waals surface area contributed by atoms with Gasteiger partial charge in [-0.15, -0.1) is 0 Å². The van der Waals surface area contributed by atoms with Crippen LogP contribution in [0.4, 0.5) is 0 Å². The van der Waals surface area contributed by atoms with E-state index in [1.807, 2.05) is 0 Å². The standard InChI is InChI=1S/C7H12O5S/c1-5(8)7(10)6(9)3-4-13(2,11)12/h5,8H,3-4H2,1-2H3. The van der Waals surface area contributed by atoms with Crippen LogP contribution in [-0.4, -0.2) is 43.2 Å². The molecule has 0 fully saturated rings. The summed E-state index contributed by atoms with van der Waals surface area (Å²) in [6.07, 6.45) is -0.734. The fourth-order valence-corrected chi connectivity index (χ4v) is 1.19. The van der Waals surface area contributed by atoms with Crippen molar-refractivity contribution in [2.24, 2.45) is 0 Å². The quantitative estimate of drug-likeness (QED) is 0.582. The Morgan fingerprint density at radius 2 is 1.85 bits per heavy atom. The molecular weight excluding hydrogens is 196 g/mol. The van der Waals surface area contributed by atoms with Crippen molar-refractivity contribution < 1.29 is 23.1 Å². The number of rotatable bonds is 5. The molecule has 0 aliphatic rings. The first-order valence-electron chi connectivity index (χ1n) is 3.67. The number of carbonyl (C=O) groups is 2. The maximum absolute atomic E-state index is 10.9. The molecule has 0 saturated carbocycles. The second kappa shape index (κ2) is 4.48. The van der Waals surface area contributed by atoms with E-state index < -0.39 is 27.5 Å². The summed E-state index contributed by atoms with van der Waals surface area (Å²) in [6, 6.07) is 0. The first-order valence-corrected chi connectivity index (χ1v) is 5.73. The van der Waals surface area contributed by atoms with Crippen molar-refractivity contribution in [1.82, 2.24) is 0 Å². The highest BCUT2D eigenvalue weighted by molar-refractivity contribution is 7.90. The lowest BCUT2D eigenvalue weighted by molar-refractivity contribution is -0.140. The second-order valence-corrected chi connectivity index (χ2v) is 5.10. The van der Waals surface area contributed by atoms with Crippen molar-refractivity contribution in [1.29, 1.82) is 0 Å². The Morgan fingerprint density at radius 3 is 2.15 bits per heavy atom. The van der Waals surface area contributed by atoms with Gasteiger partial charge in [-0.1, -0.05) is 0 Å². The van der Waals surface area contributed by atoms with Crippen molar-refractivity contribution in [3.05, 3.63) is 0 Å². The van der Waals surface area contributed by atoms with E-state index in [0.29, 0.717) is 0 Å². The van der Waals surface area contributed by atoms with Gasteiger partial charge in [0.25, 0.3) is 0 Å². The van der Waals surface area contributed by atoms with E-state index in [-0.39, 0.29) is 12.2 Å². The summed E-state index contributed by atoms with van der Waals surface area (Å²) in [4.78, 5) is 21.6. The zero-order valence-electron chi connectivity index (χ0n) is 7.48. The molecule has 76 valence electrons. The monoisotopic (exact) mass is 208 g/mol. The molecule has 1 N–H and O–H groups in total. The summed E-state index contributed by atoms with van der Waals surface area (Å²) in [5.41, 5.74) is 0. The molecular formula is C7H12O5S. The molecule has 13 heavy (non-hydrogen) atoms. The molecule has 0 aliphatic carbocycles. The molecule has 1 unspecified atom stereocenters. The third-order valence-corrected chi connectivity index (χ3v) is 2.30. The first kappa shape index (κ1) is 12.2. The third kappa shape index (κ3) is 5.48. The smallest absolute Gasteiger partial charge is 0.226 e. The summed E-state index contributed by atoms with van der Waals surface area (Å²) in [5.74, 6) is -2.14. The van der Waals surface area contributed by atoms with Crippen LogP contribution in [0.2, 0.25) is 0 Å². The van der Waals surface area contributed by atoms with Crippen molar-refractivity contribution in [3.63, 3.8) is 0 Å². The molecule has 0 rings (SSSR count). The van der Waals surface area contributed by atoms with E-state index >= 15 is 0 Å². The van der Waals surface area contributed by atoms with Gasteiger partial charge in [-0.05, 0) is 6.92 Å². The summed E-state index contributed by atoms with van der Waals surface area (Å²) >= 11 is 0. The van der Waals surface area contributed by atoms with Crippen LogP contribution in [0.3, 0.4) is 0 Å². The zero-order valence-corrected chi connectivity index (χ0v) is 8.30. The fraction of sp³-hybridized carbons (Fsp3) is 0.714. The molecule has 0 aromatic carbocycles. The maximum Gasteiger partial charge on any atom is 0.226 e. The van der Waals surface area contributed by atoms with Gasteiger partial charge < -0.3 is 5.11 Å². The molecule has 0 heterocycles. The van der Waals surface area contributed by atoms with Crippen LogP contribution in [-0.2, 0) is 19.4 Å². The van der Waals surface area contributed by atoms with E-state index in [4.69, 9.17) is 5.11 Å². The van der Waals surface area contributed by atoms with Crippen molar-refractivity contribution >= 4 is 21.4 Å². The number of hydrogen-bond donors (Lipinski definition) is 1. The molecule has 0 amide bonds. The lowest BCUT2D eigenvalue weighted by Crippen LogP contribution is -2.27. The van der Waals surface area contributed by atoms with Crippen LogP contribution in [0.25, 0.3) is 0 Å². The molecule has 0 saturated heterocycles. The molecule has 1 atom stereocenters. The van der Waals surface area contributed by atoms with Crippen LogP contribution in [0.15, 0.2) is 0 Å². The van der Waals surface area contributed by atoms with Crippen LogP contribution < -0.4 is 0 Å². The minimum Gasteiger partial charge on any atom is -0.385 e. The Kier molecular flexibility index (Phi) is 4.22. The molecule has 0 spiro atoms. The van der Waals surface area contributed by atoms with E-state index in [9.17, 15) is 18.0 Å². The predicted molar refractivity (Wildman–Crippen MR) is 46.0 cm³/mol. The van der Waals surface area contributed by atoms with E-state index in [0.717, 1.165) is 6.26 Å². The molecule has 0 radical (unpaired) electrons. The minimum atomic E-state index is -3.23. The summed E-state index contributed by atoms with van der Waals surface area (Å²) in [6.45, 7) is 1.17. The molecule has 6 heteroatoms. The summed E-state index contributed by atoms with van der Waals surface area (Å²) < 4.78 is 21.2. The van der Waals surface area contributed by atoms with E-state index in [1.54, 1.807) is 0 Å². The van der Waals surface area contributed by atoms with E-state index in [2.05, 4.69) is 0 Å². The molecule has 0 aromatic heterocycles. The van der Waals surface area contributed by atoms with Crippen molar-refractivity contribution in [2.45, 2.75) is 19.4 Å². The fourth-order valence-electron chi connectivity index (χ4n) is 0.634. The van der Waals surface area contributed by atoms with Gasteiger partial charge in [0, 0.05) is 12.7 Å². The Hall–Kier alpha value is -0.750. The van der Waals surface area contributed by atoms with Crippen LogP contribution in [0.5, 0.6) is 0 Å². The highest BCUT2D eigenvalue weighted by Crippen LogP contribution is 1.94. The average Bonchev–Trinajstić information content (AvgIpc) is 1.97. The topological polar surface area (TPSA) is 88.5 Å². The highest BCUT2D eigenvalue weighted by atomic mass is 32.2. The summed E-state index contributed by atoms with van der Waals surface area (Å²) in [5, 5.41) is 8.70. The number of carbonyl (C=O) groups excluding carboxylic acids is 2. The molecule has 0 aromatic rings. The third-order valence-electron chi connectivity index (χ3n) is 1.35. The Bertz CT molecular complexity index is 301. The molecule has 5 nitrogen and oxygen atoms in total. The van der Waals surface area contributed by atoms with Gasteiger partial charge in [0.2, 0.25) is 11.6 Å². The first-order chi connectivity index (χ1) is 5.74. The van der Waals surface area contributed by atoms with Gasteiger partial charge in [0.1, 0.15) is 15.9 Å². The van der Waals surface area contributed by atoms with Crippen LogP contribution in [0.1, 0.15) is 13.3 Å². The van der Waals surface area contributed by atoms with Gasteiger partial charge >= 0.3 is 0 Å². The molecule has 0 aliphatic heterocycles. The maximum atomic E-state index is 10.9. The van der Waals surface area contributed by atoms with Gasteiger partial charge in [-0.2, -0.15) is 0 Å². The summed E-state index contributed by atoms with van der Waals surface area (Å²) in [7, 11) is -3.23. The number of aliphatic hydroxyl groups is 1. The van der Waals surface area contributed by atoms with Crippen molar-refractivity contribution in [3.8, 4) is 0 Å².